The lowest BCUT2D eigenvalue weighted by Crippen LogP contribution is -2.34. The normalized spacial score (nSPS) is 16.6. The third-order valence-corrected chi connectivity index (χ3v) is 3.76. The molecule has 0 unspecified atom stereocenters. The molecule has 0 N–H and O–H groups in total. The fourth-order valence-electron chi connectivity index (χ4n) is 2.43. The van der Waals surface area contributed by atoms with Crippen LogP contribution in [0.5, 0.6) is 0 Å². The summed E-state index contributed by atoms with van der Waals surface area (Å²) in [6.07, 6.45) is 5.04. The SMILES string of the molecule is CN(CC(=O)c1ccc(Cl)cc1)C1CCCC1. The van der Waals surface area contributed by atoms with Crippen LogP contribution in [0.4, 0.5) is 0 Å². The van der Waals surface area contributed by atoms with Gasteiger partial charge in [-0.15, -0.1) is 0 Å². The average Bonchev–Trinajstić information content (AvgIpc) is 2.83. The van der Waals surface area contributed by atoms with E-state index in [4.69, 9.17) is 11.6 Å². The van der Waals surface area contributed by atoms with Gasteiger partial charge in [-0.25, -0.2) is 0 Å². The van der Waals surface area contributed by atoms with Gasteiger partial charge in [0.15, 0.2) is 5.78 Å². The van der Waals surface area contributed by atoms with Crippen molar-refractivity contribution >= 4 is 17.4 Å². The molecule has 1 aromatic rings. The van der Waals surface area contributed by atoms with E-state index >= 15 is 0 Å². The van der Waals surface area contributed by atoms with Gasteiger partial charge in [-0.05, 0) is 44.2 Å². The van der Waals surface area contributed by atoms with E-state index in [-0.39, 0.29) is 5.78 Å². The molecule has 0 heterocycles. The van der Waals surface area contributed by atoms with Crippen molar-refractivity contribution in [2.75, 3.05) is 13.6 Å². The molecule has 3 heteroatoms. The topological polar surface area (TPSA) is 20.3 Å². The molecule has 0 spiro atoms. The van der Waals surface area contributed by atoms with Crippen molar-refractivity contribution in [1.82, 2.24) is 4.90 Å². The molecule has 1 aliphatic rings. The molecule has 1 aliphatic carbocycles. The monoisotopic (exact) mass is 251 g/mol. The minimum atomic E-state index is 0.177. The highest BCUT2D eigenvalue weighted by atomic mass is 35.5. The number of ketones is 1. The molecule has 0 saturated heterocycles. The van der Waals surface area contributed by atoms with Crippen molar-refractivity contribution in [2.24, 2.45) is 0 Å². The van der Waals surface area contributed by atoms with Crippen LogP contribution in [0.25, 0.3) is 0 Å². The van der Waals surface area contributed by atoms with E-state index in [9.17, 15) is 4.79 Å². The van der Waals surface area contributed by atoms with Crippen molar-refractivity contribution < 1.29 is 4.79 Å². The minimum absolute atomic E-state index is 0.177. The Bertz CT molecular complexity index is 382. The lowest BCUT2D eigenvalue weighted by Gasteiger charge is -2.23. The number of nitrogens with zero attached hydrogens (tertiary/aromatic N) is 1. The number of carbonyl (C=O) groups is 1. The molecule has 0 amide bonds. The molecule has 1 saturated carbocycles. The van der Waals surface area contributed by atoms with Crippen LogP contribution in [-0.4, -0.2) is 30.3 Å². The van der Waals surface area contributed by atoms with Gasteiger partial charge in [0.05, 0.1) is 6.54 Å². The summed E-state index contributed by atoms with van der Waals surface area (Å²) in [5.41, 5.74) is 0.749. The standard InChI is InChI=1S/C14H18ClNO/c1-16(13-4-2-3-5-13)10-14(17)11-6-8-12(15)9-7-11/h6-9,13H,2-5,10H2,1H3. The van der Waals surface area contributed by atoms with Gasteiger partial charge in [-0.2, -0.15) is 0 Å². The maximum Gasteiger partial charge on any atom is 0.176 e. The number of carbonyl (C=O) groups excluding carboxylic acids is 1. The lowest BCUT2D eigenvalue weighted by molar-refractivity contribution is 0.0921. The molecule has 1 fully saturated rings. The zero-order valence-electron chi connectivity index (χ0n) is 10.2. The summed E-state index contributed by atoms with van der Waals surface area (Å²) >= 11 is 5.80. The third kappa shape index (κ3) is 3.30. The van der Waals surface area contributed by atoms with E-state index in [1.165, 1.54) is 25.7 Å². The van der Waals surface area contributed by atoms with Gasteiger partial charge in [0.25, 0.3) is 0 Å². The number of hydrogen-bond acceptors (Lipinski definition) is 2. The Kier molecular flexibility index (Phi) is 4.19. The molecule has 2 rings (SSSR count). The second kappa shape index (κ2) is 5.65. The van der Waals surface area contributed by atoms with Crippen LogP contribution in [0.15, 0.2) is 24.3 Å². The van der Waals surface area contributed by atoms with Gasteiger partial charge in [0, 0.05) is 16.6 Å². The van der Waals surface area contributed by atoms with Gasteiger partial charge in [0.1, 0.15) is 0 Å². The van der Waals surface area contributed by atoms with E-state index in [1.54, 1.807) is 24.3 Å². The van der Waals surface area contributed by atoms with Crippen LogP contribution in [0, 0.1) is 0 Å². The molecule has 2 nitrogen and oxygen atoms in total. The molecule has 0 radical (unpaired) electrons. The van der Waals surface area contributed by atoms with Crippen LogP contribution < -0.4 is 0 Å². The number of Topliss-reactive ketones (excluding diaryl/α,β-unsaturated/α-hetero) is 1. The van der Waals surface area contributed by atoms with Crippen molar-refractivity contribution in [3.05, 3.63) is 34.9 Å². The smallest absolute Gasteiger partial charge is 0.176 e. The summed E-state index contributed by atoms with van der Waals surface area (Å²) in [4.78, 5) is 14.2. The Labute approximate surface area is 108 Å². The van der Waals surface area contributed by atoms with Crippen LogP contribution in [-0.2, 0) is 0 Å². The van der Waals surface area contributed by atoms with Gasteiger partial charge in [-0.1, -0.05) is 24.4 Å². The Hall–Kier alpha value is -0.860. The first-order valence-corrected chi connectivity index (χ1v) is 6.53. The minimum Gasteiger partial charge on any atom is -0.296 e. The highest BCUT2D eigenvalue weighted by molar-refractivity contribution is 6.30. The van der Waals surface area contributed by atoms with E-state index < -0.39 is 0 Å². The molecule has 0 aliphatic heterocycles. The predicted molar refractivity (Wildman–Crippen MR) is 70.7 cm³/mol. The molecular formula is C14H18ClNO. The predicted octanol–water partition coefficient (Wildman–Crippen LogP) is 3.40. The van der Waals surface area contributed by atoms with Crippen molar-refractivity contribution in [3.8, 4) is 0 Å². The Morgan fingerprint density at radius 3 is 2.47 bits per heavy atom. The fourth-order valence-corrected chi connectivity index (χ4v) is 2.55. The number of halogens is 1. The molecule has 0 aromatic heterocycles. The Balaban J connectivity index is 1.94. The Morgan fingerprint density at radius 1 is 1.29 bits per heavy atom. The Morgan fingerprint density at radius 2 is 1.88 bits per heavy atom. The van der Waals surface area contributed by atoms with E-state index in [2.05, 4.69) is 4.90 Å². The van der Waals surface area contributed by atoms with Crippen LogP contribution in [0.1, 0.15) is 36.0 Å². The van der Waals surface area contributed by atoms with Crippen molar-refractivity contribution in [3.63, 3.8) is 0 Å². The molecule has 92 valence electrons. The number of likely N-dealkylation sites (N-methyl/N-ethyl adjacent to an activating group) is 1. The number of hydrogen-bond donors (Lipinski definition) is 0. The summed E-state index contributed by atoms with van der Waals surface area (Å²) in [5.74, 6) is 0.177. The van der Waals surface area contributed by atoms with Crippen LogP contribution >= 0.6 is 11.6 Å². The highest BCUT2D eigenvalue weighted by Crippen LogP contribution is 2.22. The second-order valence-electron chi connectivity index (χ2n) is 4.78. The lowest BCUT2D eigenvalue weighted by atomic mass is 10.1. The summed E-state index contributed by atoms with van der Waals surface area (Å²) in [7, 11) is 2.05. The average molecular weight is 252 g/mol. The summed E-state index contributed by atoms with van der Waals surface area (Å²) in [6.45, 7) is 0.506. The largest absolute Gasteiger partial charge is 0.296 e. The maximum atomic E-state index is 12.0. The van der Waals surface area contributed by atoms with E-state index in [0.717, 1.165) is 5.56 Å². The quantitative estimate of drug-likeness (QED) is 0.765. The molecule has 17 heavy (non-hydrogen) atoms. The zero-order chi connectivity index (χ0) is 12.3. The van der Waals surface area contributed by atoms with Gasteiger partial charge < -0.3 is 0 Å². The van der Waals surface area contributed by atoms with Crippen molar-refractivity contribution in [1.29, 1.82) is 0 Å². The first-order chi connectivity index (χ1) is 8.16. The van der Waals surface area contributed by atoms with Gasteiger partial charge >= 0.3 is 0 Å². The molecular weight excluding hydrogens is 234 g/mol. The summed E-state index contributed by atoms with van der Waals surface area (Å²) in [6, 6.07) is 7.72. The number of rotatable bonds is 4. The molecule has 0 bridgehead atoms. The third-order valence-electron chi connectivity index (χ3n) is 3.51. The second-order valence-corrected chi connectivity index (χ2v) is 5.22. The fraction of sp³-hybridized carbons (Fsp3) is 0.500. The van der Waals surface area contributed by atoms with E-state index in [1.807, 2.05) is 7.05 Å². The van der Waals surface area contributed by atoms with Gasteiger partial charge in [-0.3, -0.25) is 9.69 Å². The molecule has 1 aromatic carbocycles. The van der Waals surface area contributed by atoms with Crippen LogP contribution in [0.2, 0.25) is 5.02 Å². The summed E-state index contributed by atoms with van der Waals surface area (Å²) in [5, 5.41) is 0.672. The highest BCUT2D eigenvalue weighted by Gasteiger charge is 2.21. The summed E-state index contributed by atoms with van der Waals surface area (Å²) < 4.78 is 0. The van der Waals surface area contributed by atoms with Crippen molar-refractivity contribution in [2.45, 2.75) is 31.7 Å². The van der Waals surface area contributed by atoms with Gasteiger partial charge in [0.2, 0.25) is 0 Å². The molecule has 0 atom stereocenters. The number of benzene rings is 1. The maximum absolute atomic E-state index is 12.0. The van der Waals surface area contributed by atoms with Crippen LogP contribution in [0.3, 0.4) is 0 Å². The first-order valence-electron chi connectivity index (χ1n) is 6.16. The van der Waals surface area contributed by atoms with E-state index in [0.29, 0.717) is 17.6 Å². The zero-order valence-corrected chi connectivity index (χ0v) is 10.9. The first kappa shape index (κ1) is 12.6.